The third-order valence-electron chi connectivity index (χ3n) is 11.0. The van der Waals surface area contributed by atoms with Crippen molar-refractivity contribution in [1.29, 1.82) is 0 Å². The molecule has 7 heteroatoms. The van der Waals surface area contributed by atoms with E-state index < -0.39 is 11.9 Å². The Morgan fingerprint density at radius 1 is 0.444 bits per heavy atom. The monoisotopic (exact) mass is 668 g/mol. The third kappa shape index (κ3) is 8.90. The van der Waals surface area contributed by atoms with Crippen molar-refractivity contribution in [2.75, 3.05) is 0 Å². The molecule has 4 aliphatic carbocycles. The van der Waals surface area contributed by atoms with Crippen molar-refractivity contribution in [2.45, 2.75) is 152 Å². The van der Waals surface area contributed by atoms with Gasteiger partial charge in [0.2, 0.25) is 0 Å². The van der Waals surface area contributed by atoms with Crippen LogP contribution in [0.1, 0.15) is 195 Å². The van der Waals surface area contributed by atoms with Gasteiger partial charge < -0.3 is 20.4 Å². The Hall–Kier alpha value is -2.40. The van der Waals surface area contributed by atoms with E-state index in [2.05, 4.69) is 12.1 Å². The molecule has 0 aromatic heterocycles. The zero-order chi connectivity index (χ0) is 31.1. The summed E-state index contributed by atoms with van der Waals surface area (Å²) >= 11 is 0. The largest absolute Gasteiger partial charge is 0.507 e. The van der Waals surface area contributed by atoms with Crippen LogP contribution in [-0.4, -0.2) is 32.4 Å². The summed E-state index contributed by atoms with van der Waals surface area (Å²) in [4.78, 5) is 23.1. The summed E-state index contributed by atoms with van der Waals surface area (Å²) in [6.45, 7) is 0. The maximum atomic E-state index is 11.5. The Morgan fingerprint density at radius 3 is 0.978 bits per heavy atom. The summed E-state index contributed by atoms with van der Waals surface area (Å²) in [6.07, 6.45) is 23.6. The zero-order valence-corrected chi connectivity index (χ0v) is 30.0. The number of benzene rings is 2. The summed E-state index contributed by atoms with van der Waals surface area (Å²) in [5.41, 5.74) is 4.25. The van der Waals surface area contributed by atoms with Crippen molar-refractivity contribution in [3.63, 3.8) is 0 Å². The second kappa shape index (κ2) is 17.0. The first-order valence-corrected chi connectivity index (χ1v) is 17.5. The molecule has 0 atom stereocenters. The van der Waals surface area contributed by atoms with Gasteiger partial charge in [0.05, 0.1) is 0 Å². The van der Waals surface area contributed by atoms with E-state index in [9.17, 15) is 30.0 Å². The molecule has 0 aliphatic heterocycles. The zero-order valence-electron chi connectivity index (χ0n) is 27.1. The third-order valence-corrected chi connectivity index (χ3v) is 11.0. The van der Waals surface area contributed by atoms with Crippen molar-refractivity contribution in [2.24, 2.45) is 0 Å². The van der Waals surface area contributed by atoms with E-state index in [-0.39, 0.29) is 42.1 Å². The minimum atomic E-state index is -1.01. The number of rotatable bonds is 6. The first-order chi connectivity index (χ1) is 21.3. The van der Waals surface area contributed by atoms with Crippen LogP contribution in [0.2, 0.25) is 0 Å². The maximum absolute atomic E-state index is 11.5. The average molecular weight is 670 g/mol. The van der Waals surface area contributed by atoms with Gasteiger partial charge >= 0.3 is 11.9 Å². The Bertz CT molecular complexity index is 1180. The molecule has 2 aromatic rings. The van der Waals surface area contributed by atoms with Crippen LogP contribution in [-0.2, 0) is 19.5 Å². The SMILES string of the molecule is O=C(O)c1cc(C2CCCCC2)cc(C2CCCCC2)c1O.O=C(O)c1cc(C2CCCCC2)cc(C2CCCCC2)c1O.[Zn]. The van der Waals surface area contributed by atoms with Crippen LogP contribution in [0, 0.1) is 0 Å². The Morgan fingerprint density at radius 2 is 0.711 bits per heavy atom. The summed E-state index contributed by atoms with van der Waals surface area (Å²) in [6, 6.07) is 7.68. The van der Waals surface area contributed by atoms with Gasteiger partial charge in [0, 0.05) is 19.5 Å². The Balaban J connectivity index is 0.000000200. The molecule has 45 heavy (non-hydrogen) atoms. The minimum absolute atomic E-state index is 0. The number of aromatic carboxylic acids is 2. The number of hydrogen-bond donors (Lipinski definition) is 4. The topological polar surface area (TPSA) is 115 Å². The fourth-order valence-electron chi connectivity index (χ4n) is 8.48. The average Bonchev–Trinajstić information content (AvgIpc) is 3.06. The predicted molar refractivity (Wildman–Crippen MR) is 173 cm³/mol. The number of carboxylic acid groups (broad SMARTS) is 2. The quantitative estimate of drug-likeness (QED) is 0.228. The van der Waals surface area contributed by atoms with Crippen LogP contribution >= 0.6 is 0 Å². The molecule has 4 fully saturated rings. The van der Waals surface area contributed by atoms with Crippen LogP contribution in [0.3, 0.4) is 0 Å². The Kier molecular flexibility index (Phi) is 13.4. The van der Waals surface area contributed by atoms with E-state index in [0.29, 0.717) is 23.7 Å². The van der Waals surface area contributed by atoms with E-state index in [1.165, 1.54) is 77.0 Å². The summed E-state index contributed by atoms with van der Waals surface area (Å²) < 4.78 is 0. The van der Waals surface area contributed by atoms with Gasteiger partial charge in [-0.05, 0) is 109 Å². The first kappa shape index (κ1) is 35.5. The molecule has 0 amide bonds. The number of hydrogen-bond acceptors (Lipinski definition) is 4. The van der Waals surface area contributed by atoms with Crippen LogP contribution in [0.25, 0.3) is 0 Å². The van der Waals surface area contributed by atoms with E-state index in [0.717, 1.165) is 73.6 Å². The van der Waals surface area contributed by atoms with E-state index in [1.54, 1.807) is 12.1 Å². The fourth-order valence-corrected chi connectivity index (χ4v) is 8.48. The van der Waals surface area contributed by atoms with Gasteiger partial charge in [-0.25, -0.2) is 9.59 Å². The minimum Gasteiger partial charge on any atom is -0.507 e. The van der Waals surface area contributed by atoms with Crippen LogP contribution in [0.15, 0.2) is 24.3 Å². The molecular formula is C38H52O6Zn. The van der Waals surface area contributed by atoms with Gasteiger partial charge in [0.15, 0.2) is 0 Å². The molecule has 0 heterocycles. The number of aromatic hydroxyl groups is 2. The molecule has 4 saturated carbocycles. The summed E-state index contributed by atoms with van der Waals surface area (Å²) in [5.74, 6) is -0.396. The van der Waals surface area contributed by atoms with Gasteiger partial charge in [-0.15, -0.1) is 0 Å². The second-order valence-electron chi connectivity index (χ2n) is 14.0. The molecule has 0 bridgehead atoms. The smallest absolute Gasteiger partial charge is 0.339 e. The number of carboxylic acids is 2. The van der Waals surface area contributed by atoms with Gasteiger partial charge in [0.25, 0.3) is 0 Å². The maximum Gasteiger partial charge on any atom is 0.339 e. The number of phenols is 2. The van der Waals surface area contributed by atoms with Gasteiger partial charge in [0.1, 0.15) is 22.6 Å². The van der Waals surface area contributed by atoms with Crippen molar-refractivity contribution < 1.29 is 49.5 Å². The van der Waals surface area contributed by atoms with Crippen molar-refractivity contribution in [1.82, 2.24) is 0 Å². The normalized spacial score (nSPS) is 20.4. The molecule has 4 aliphatic rings. The van der Waals surface area contributed by atoms with E-state index >= 15 is 0 Å². The summed E-state index contributed by atoms with van der Waals surface area (Å²) in [5, 5.41) is 39.8. The molecule has 0 saturated heterocycles. The molecule has 0 spiro atoms. The van der Waals surface area contributed by atoms with Gasteiger partial charge in [-0.1, -0.05) is 89.2 Å². The molecular weight excluding hydrogens is 618 g/mol. The van der Waals surface area contributed by atoms with Gasteiger partial charge in [-0.3, -0.25) is 0 Å². The van der Waals surface area contributed by atoms with Crippen LogP contribution in [0.5, 0.6) is 11.5 Å². The predicted octanol–water partition coefficient (Wildman–Crippen LogP) is 10.4. The first-order valence-electron chi connectivity index (χ1n) is 17.5. The second-order valence-corrected chi connectivity index (χ2v) is 14.0. The van der Waals surface area contributed by atoms with Crippen molar-refractivity contribution in [3.8, 4) is 11.5 Å². The van der Waals surface area contributed by atoms with Crippen LogP contribution < -0.4 is 0 Å². The summed E-state index contributed by atoms with van der Waals surface area (Å²) in [7, 11) is 0. The van der Waals surface area contributed by atoms with E-state index in [1.807, 2.05) is 0 Å². The van der Waals surface area contributed by atoms with Gasteiger partial charge in [-0.2, -0.15) is 0 Å². The molecule has 6 nitrogen and oxygen atoms in total. The Labute approximate surface area is 281 Å². The van der Waals surface area contributed by atoms with Crippen molar-refractivity contribution >= 4 is 11.9 Å². The van der Waals surface area contributed by atoms with E-state index in [4.69, 9.17) is 0 Å². The molecule has 6 rings (SSSR count). The fraction of sp³-hybridized carbons (Fsp3) is 0.632. The molecule has 0 unspecified atom stereocenters. The molecule has 242 valence electrons. The molecule has 2 aromatic carbocycles. The van der Waals surface area contributed by atoms with Crippen LogP contribution in [0.4, 0.5) is 0 Å². The number of carbonyl (C=O) groups is 2. The van der Waals surface area contributed by atoms with Crippen molar-refractivity contribution in [3.05, 3.63) is 57.6 Å². The molecule has 0 radical (unpaired) electrons. The molecule has 4 N–H and O–H groups in total. The standard InChI is InChI=1S/2C19H26O3.Zn/c2*20-18-16(14-9-5-2-6-10-14)11-15(12-17(18)19(21)22)13-7-3-1-4-8-13;/h2*11-14,20H,1-10H2,(H,21,22);.